The first-order valence-electron chi connectivity index (χ1n) is 10.9. The van der Waals surface area contributed by atoms with Crippen molar-refractivity contribution in [3.8, 4) is 0 Å². The number of carboxylic acid groups (broad SMARTS) is 1. The van der Waals surface area contributed by atoms with Crippen molar-refractivity contribution in [3.63, 3.8) is 0 Å². The second kappa shape index (κ2) is 7.63. The highest BCUT2D eigenvalue weighted by Gasteiger charge is 2.52. The molecule has 0 aromatic heterocycles. The lowest BCUT2D eigenvalue weighted by Gasteiger charge is -2.52. The van der Waals surface area contributed by atoms with Gasteiger partial charge in [-0.25, -0.2) is 4.79 Å². The minimum atomic E-state index is -0.985. The van der Waals surface area contributed by atoms with Crippen molar-refractivity contribution in [1.82, 2.24) is 15.1 Å². The smallest absolute Gasteiger partial charge is 0.408 e. The minimum absolute atomic E-state index is 0.0347. The van der Waals surface area contributed by atoms with Gasteiger partial charge in [-0.2, -0.15) is 0 Å². The van der Waals surface area contributed by atoms with Gasteiger partial charge in [-0.15, -0.1) is 0 Å². The van der Waals surface area contributed by atoms with Crippen LogP contribution >= 0.6 is 0 Å². The Labute approximate surface area is 173 Å². The van der Waals surface area contributed by atoms with E-state index >= 15 is 0 Å². The first kappa shape index (κ1) is 20.2. The van der Waals surface area contributed by atoms with Crippen LogP contribution in [0, 0.1) is 5.41 Å². The average molecular weight is 400 g/mol. The predicted molar refractivity (Wildman–Crippen MR) is 112 cm³/mol. The number of hydrogen-bond donors (Lipinski definition) is 2. The van der Waals surface area contributed by atoms with Crippen LogP contribution < -0.4 is 5.32 Å². The number of nitrogens with zero attached hydrogens (tertiary/aromatic N) is 2. The molecule has 2 fully saturated rings. The number of carbonyl (C=O) groups is 2. The van der Waals surface area contributed by atoms with Crippen molar-refractivity contribution in [2.75, 3.05) is 13.1 Å². The van der Waals surface area contributed by atoms with Gasteiger partial charge in [-0.1, -0.05) is 45.0 Å². The van der Waals surface area contributed by atoms with E-state index in [1.807, 2.05) is 12.1 Å². The molecule has 158 valence electrons. The van der Waals surface area contributed by atoms with Crippen molar-refractivity contribution >= 4 is 12.0 Å². The number of hydrogen-bond acceptors (Lipinski definition) is 3. The van der Waals surface area contributed by atoms with E-state index in [9.17, 15) is 14.7 Å². The van der Waals surface area contributed by atoms with Crippen LogP contribution in [-0.2, 0) is 11.2 Å². The normalized spacial score (nSPS) is 29.8. The lowest BCUT2D eigenvalue weighted by molar-refractivity contribution is -0.134. The first-order chi connectivity index (χ1) is 13.8. The molecule has 6 heteroatoms. The molecule has 2 saturated heterocycles. The zero-order chi connectivity index (χ0) is 20.8. The summed E-state index contributed by atoms with van der Waals surface area (Å²) in [6.07, 6.45) is 4.05. The molecule has 29 heavy (non-hydrogen) atoms. The topological polar surface area (TPSA) is 72.9 Å². The van der Waals surface area contributed by atoms with Gasteiger partial charge >= 0.3 is 6.09 Å². The fourth-order valence-electron chi connectivity index (χ4n) is 5.75. The summed E-state index contributed by atoms with van der Waals surface area (Å²) in [5, 5.41) is 13.3. The fourth-order valence-corrected chi connectivity index (χ4v) is 5.75. The van der Waals surface area contributed by atoms with Gasteiger partial charge in [0.2, 0.25) is 5.91 Å². The summed E-state index contributed by atoms with van der Waals surface area (Å²) >= 11 is 0. The molecule has 2 amide bonds. The average Bonchev–Trinajstić information content (AvgIpc) is 3.14. The van der Waals surface area contributed by atoms with Gasteiger partial charge < -0.3 is 10.4 Å². The minimum Gasteiger partial charge on any atom is -0.465 e. The standard InChI is InChI=1S/C23H33N3O3/c1-23(2,3)20-18-12-7-13-25(18)14-19(26(20)22(28)29)21(27)24-17-11-6-9-15-8-4-5-10-16(15)17/h4-5,8,10,17-20H,6-7,9,11-14H2,1-3H3,(H,24,27)(H,28,29)/t17?,18-,19+,20?/m1/s1. The third kappa shape index (κ3) is 3.75. The van der Waals surface area contributed by atoms with Crippen LogP contribution in [0.1, 0.15) is 63.6 Å². The molecule has 0 spiro atoms. The van der Waals surface area contributed by atoms with E-state index in [-0.39, 0.29) is 29.4 Å². The molecule has 2 aliphatic heterocycles. The summed E-state index contributed by atoms with van der Waals surface area (Å²) in [5.74, 6) is -0.159. The zero-order valence-electron chi connectivity index (χ0n) is 17.7. The maximum atomic E-state index is 13.4. The molecule has 1 aliphatic carbocycles. The number of aryl methyl sites for hydroxylation is 1. The third-order valence-corrected chi connectivity index (χ3v) is 6.92. The van der Waals surface area contributed by atoms with Crippen molar-refractivity contribution in [1.29, 1.82) is 0 Å². The van der Waals surface area contributed by atoms with E-state index in [2.05, 4.69) is 43.1 Å². The number of nitrogens with one attached hydrogen (secondary N) is 1. The first-order valence-corrected chi connectivity index (χ1v) is 10.9. The summed E-state index contributed by atoms with van der Waals surface area (Å²) in [7, 11) is 0. The van der Waals surface area contributed by atoms with E-state index in [0.29, 0.717) is 6.54 Å². The van der Waals surface area contributed by atoms with E-state index in [0.717, 1.165) is 38.6 Å². The highest BCUT2D eigenvalue weighted by atomic mass is 16.4. The maximum Gasteiger partial charge on any atom is 0.408 e. The fraction of sp³-hybridized carbons (Fsp3) is 0.652. The predicted octanol–water partition coefficient (Wildman–Crippen LogP) is 3.42. The summed E-state index contributed by atoms with van der Waals surface area (Å²) < 4.78 is 0. The third-order valence-electron chi connectivity index (χ3n) is 6.92. The Balaban J connectivity index is 1.61. The number of fused-ring (bicyclic) bond motifs is 2. The zero-order valence-corrected chi connectivity index (χ0v) is 17.7. The molecule has 4 rings (SSSR count). The second-order valence-electron chi connectivity index (χ2n) is 9.87. The quantitative estimate of drug-likeness (QED) is 0.799. The van der Waals surface area contributed by atoms with Gasteiger partial charge in [0.25, 0.3) is 0 Å². The SMILES string of the molecule is CC(C)(C)C1[C@H]2CCCN2C[C@@H](C(=O)NC2CCCc3ccccc32)N1C(=O)O. The Bertz CT molecular complexity index is 788. The number of piperazine rings is 1. The van der Waals surface area contributed by atoms with E-state index < -0.39 is 12.1 Å². The lowest BCUT2D eigenvalue weighted by Crippen LogP contribution is -2.70. The van der Waals surface area contributed by atoms with Gasteiger partial charge in [0.1, 0.15) is 6.04 Å². The largest absolute Gasteiger partial charge is 0.465 e. The van der Waals surface area contributed by atoms with Crippen LogP contribution in [-0.4, -0.2) is 58.1 Å². The van der Waals surface area contributed by atoms with Crippen LogP contribution in [0.5, 0.6) is 0 Å². The van der Waals surface area contributed by atoms with Gasteiger partial charge in [0.15, 0.2) is 0 Å². The molecule has 1 aromatic rings. The van der Waals surface area contributed by atoms with E-state index in [1.54, 1.807) is 0 Å². The van der Waals surface area contributed by atoms with Gasteiger partial charge in [0.05, 0.1) is 12.1 Å². The molecule has 2 heterocycles. The Morgan fingerprint density at radius 2 is 1.90 bits per heavy atom. The van der Waals surface area contributed by atoms with Gasteiger partial charge in [-0.3, -0.25) is 14.6 Å². The Morgan fingerprint density at radius 1 is 1.14 bits per heavy atom. The summed E-state index contributed by atoms with van der Waals surface area (Å²) in [4.78, 5) is 29.6. The van der Waals surface area contributed by atoms with Crippen LogP contribution in [0.2, 0.25) is 0 Å². The molecule has 4 atom stereocenters. The van der Waals surface area contributed by atoms with Crippen molar-refractivity contribution in [2.24, 2.45) is 5.41 Å². The summed E-state index contributed by atoms with van der Waals surface area (Å²) in [6.45, 7) is 7.69. The molecular formula is C23H33N3O3. The van der Waals surface area contributed by atoms with Gasteiger partial charge in [-0.05, 0) is 55.2 Å². The molecule has 2 unspecified atom stereocenters. The molecular weight excluding hydrogens is 366 g/mol. The van der Waals surface area contributed by atoms with Gasteiger partial charge in [0, 0.05) is 12.6 Å². The van der Waals surface area contributed by atoms with Crippen molar-refractivity contribution in [3.05, 3.63) is 35.4 Å². The number of amides is 2. The highest BCUT2D eigenvalue weighted by molar-refractivity contribution is 5.86. The monoisotopic (exact) mass is 399 g/mol. The molecule has 0 saturated carbocycles. The van der Waals surface area contributed by atoms with E-state index in [4.69, 9.17) is 0 Å². The Kier molecular flexibility index (Phi) is 5.32. The van der Waals surface area contributed by atoms with Crippen molar-refractivity contribution in [2.45, 2.75) is 77.0 Å². The molecule has 3 aliphatic rings. The second-order valence-corrected chi connectivity index (χ2v) is 9.87. The summed E-state index contributed by atoms with van der Waals surface area (Å²) in [6, 6.07) is 7.57. The summed E-state index contributed by atoms with van der Waals surface area (Å²) in [5.41, 5.74) is 2.23. The molecule has 1 aromatic carbocycles. The van der Waals surface area contributed by atoms with Crippen LogP contribution in [0.3, 0.4) is 0 Å². The lowest BCUT2D eigenvalue weighted by atomic mass is 9.78. The maximum absolute atomic E-state index is 13.4. The number of rotatable bonds is 2. The number of carbonyl (C=O) groups excluding carboxylic acids is 1. The Hall–Kier alpha value is -2.08. The molecule has 0 radical (unpaired) electrons. The van der Waals surface area contributed by atoms with Crippen LogP contribution in [0.25, 0.3) is 0 Å². The van der Waals surface area contributed by atoms with E-state index in [1.165, 1.54) is 16.0 Å². The molecule has 6 nitrogen and oxygen atoms in total. The number of benzene rings is 1. The van der Waals surface area contributed by atoms with Crippen molar-refractivity contribution < 1.29 is 14.7 Å². The molecule has 2 N–H and O–H groups in total. The van der Waals surface area contributed by atoms with Crippen LogP contribution in [0.15, 0.2) is 24.3 Å². The molecule has 0 bridgehead atoms. The highest BCUT2D eigenvalue weighted by Crippen LogP contribution is 2.39. The van der Waals surface area contributed by atoms with Crippen LogP contribution in [0.4, 0.5) is 4.79 Å². The Morgan fingerprint density at radius 3 is 2.62 bits per heavy atom.